The van der Waals surface area contributed by atoms with Crippen LogP contribution in [-0.4, -0.2) is 55.7 Å². The summed E-state index contributed by atoms with van der Waals surface area (Å²) in [6.07, 6.45) is 1.20. The molecule has 1 unspecified atom stereocenters. The second kappa shape index (κ2) is 8.93. The van der Waals surface area contributed by atoms with Crippen LogP contribution in [0.2, 0.25) is 0 Å². The lowest BCUT2D eigenvalue weighted by atomic mass is 10.1. The lowest BCUT2D eigenvalue weighted by Gasteiger charge is -2.20. The molecule has 0 N–H and O–H groups in total. The first-order valence-corrected chi connectivity index (χ1v) is 11.6. The number of carbonyl (C=O) groups excluding carboxylic acids is 1. The number of nitrogens with zero attached hydrogens (tertiary/aromatic N) is 2. The minimum Gasteiger partial charge on any atom is -0.490 e. The zero-order chi connectivity index (χ0) is 22.8. The molecule has 10 heteroatoms. The molecule has 31 heavy (non-hydrogen) atoms. The van der Waals surface area contributed by atoms with Gasteiger partial charge in [0.1, 0.15) is 17.6 Å². The number of rotatable bonds is 7. The number of nitro groups is 1. The SMILES string of the molecule is CC(C)Oc1ccc(S(C)(=O)=O)cc1C(=O)N1CCC(Oc2ccc([N+](=O)[O-])cc2)C1. The van der Waals surface area contributed by atoms with Crippen molar-refractivity contribution in [3.05, 3.63) is 58.1 Å². The summed E-state index contributed by atoms with van der Waals surface area (Å²) < 4.78 is 35.5. The summed E-state index contributed by atoms with van der Waals surface area (Å²) in [5.41, 5.74) is 0.159. The van der Waals surface area contributed by atoms with E-state index in [9.17, 15) is 23.3 Å². The highest BCUT2D eigenvalue weighted by molar-refractivity contribution is 7.90. The Morgan fingerprint density at radius 3 is 2.45 bits per heavy atom. The van der Waals surface area contributed by atoms with Crippen LogP contribution in [0.25, 0.3) is 0 Å². The van der Waals surface area contributed by atoms with Gasteiger partial charge >= 0.3 is 0 Å². The maximum absolute atomic E-state index is 13.2. The fourth-order valence-electron chi connectivity index (χ4n) is 3.28. The molecule has 1 heterocycles. The lowest BCUT2D eigenvalue weighted by Crippen LogP contribution is -2.31. The maximum atomic E-state index is 13.2. The quantitative estimate of drug-likeness (QED) is 0.472. The zero-order valence-electron chi connectivity index (χ0n) is 17.5. The summed E-state index contributed by atoms with van der Waals surface area (Å²) in [5, 5.41) is 10.8. The van der Waals surface area contributed by atoms with Crippen molar-refractivity contribution in [2.75, 3.05) is 19.3 Å². The van der Waals surface area contributed by atoms with Crippen LogP contribution in [0.5, 0.6) is 11.5 Å². The second-order valence-electron chi connectivity index (χ2n) is 7.63. The molecule has 2 aromatic carbocycles. The molecule has 0 radical (unpaired) electrons. The molecular formula is C21H24N2O7S. The molecule has 0 aromatic heterocycles. The highest BCUT2D eigenvalue weighted by Gasteiger charge is 2.30. The topological polar surface area (TPSA) is 116 Å². The number of hydrogen-bond donors (Lipinski definition) is 0. The Morgan fingerprint density at radius 2 is 1.87 bits per heavy atom. The molecule has 1 saturated heterocycles. The van der Waals surface area contributed by atoms with E-state index in [1.165, 1.54) is 42.5 Å². The molecule has 1 aliphatic rings. The second-order valence-corrected chi connectivity index (χ2v) is 9.64. The Kier molecular flexibility index (Phi) is 6.49. The number of hydrogen-bond acceptors (Lipinski definition) is 7. The summed E-state index contributed by atoms with van der Waals surface area (Å²) in [7, 11) is -3.49. The van der Waals surface area contributed by atoms with Gasteiger partial charge in [-0.1, -0.05) is 0 Å². The largest absolute Gasteiger partial charge is 0.490 e. The van der Waals surface area contributed by atoms with E-state index in [1.54, 1.807) is 4.90 Å². The van der Waals surface area contributed by atoms with Gasteiger partial charge in [0.25, 0.3) is 11.6 Å². The van der Waals surface area contributed by atoms with Crippen molar-refractivity contribution >= 4 is 21.4 Å². The molecular weight excluding hydrogens is 424 g/mol. The van der Waals surface area contributed by atoms with Gasteiger partial charge in [-0.15, -0.1) is 0 Å². The predicted molar refractivity (Wildman–Crippen MR) is 113 cm³/mol. The summed E-state index contributed by atoms with van der Waals surface area (Å²) >= 11 is 0. The van der Waals surface area contributed by atoms with Crippen LogP contribution in [0.3, 0.4) is 0 Å². The molecule has 1 aliphatic heterocycles. The fourth-order valence-corrected chi connectivity index (χ4v) is 3.93. The molecule has 0 aliphatic carbocycles. The number of ether oxygens (including phenoxy) is 2. The molecule has 1 amide bonds. The number of nitro benzene ring substituents is 1. The van der Waals surface area contributed by atoms with E-state index in [-0.39, 0.29) is 34.3 Å². The molecule has 2 aromatic rings. The number of likely N-dealkylation sites (tertiary alicyclic amines) is 1. The van der Waals surface area contributed by atoms with E-state index in [0.29, 0.717) is 31.0 Å². The zero-order valence-corrected chi connectivity index (χ0v) is 18.3. The monoisotopic (exact) mass is 448 g/mol. The van der Waals surface area contributed by atoms with E-state index in [1.807, 2.05) is 13.8 Å². The number of non-ortho nitro benzene ring substituents is 1. The number of sulfone groups is 1. The summed E-state index contributed by atoms with van der Waals surface area (Å²) in [6, 6.07) is 10.0. The first kappa shape index (κ1) is 22.5. The van der Waals surface area contributed by atoms with Gasteiger partial charge < -0.3 is 14.4 Å². The van der Waals surface area contributed by atoms with Gasteiger partial charge in [0, 0.05) is 31.4 Å². The van der Waals surface area contributed by atoms with Crippen LogP contribution in [0.15, 0.2) is 47.4 Å². The van der Waals surface area contributed by atoms with Crippen LogP contribution < -0.4 is 9.47 Å². The highest BCUT2D eigenvalue weighted by atomic mass is 32.2. The standard InChI is InChI=1S/C21H24N2O7S/c1-14(2)29-20-9-8-18(31(3,27)28)12-19(20)21(24)22-11-10-17(13-22)30-16-6-4-15(5-7-16)23(25)26/h4-9,12,14,17H,10-11,13H2,1-3H3. The molecule has 9 nitrogen and oxygen atoms in total. The van der Waals surface area contributed by atoms with Crippen LogP contribution in [0.1, 0.15) is 30.6 Å². The summed E-state index contributed by atoms with van der Waals surface area (Å²) in [4.78, 5) is 25.1. The van der Waals surface area contributed by atoms with E-state index in [0.717, 1.165) is 6.26 Å². The molecule has 0 spiro atoms. The van der Waals surface area contributed by atoms with Crippen molar-refractivity contribution in [2.45, 2.75) is 37.4 Å². The minimum absolute atomic E-state index is 0.0287. The van der Waals surface area contributed by atoms with E-state index >= 15 is 0 Å². The molecule has 0 saturated carbocycles. The maximum Gasteiger partial charge on any atom is 0.269 e. The Morgan fingerprint density at radius 1 is 1.19 bits per heavy atom. The third-order valence-corrected chi connectivity index (χ3v) is 5.87. The Balaban J connectivity index is 1.76. The number of amides is 1. The van der Waals surface area contributed by atoms with Gasteiger partial charge in [-0.25, -0.2) is 8.42 Å². The first-order chi connectivity index (χ1) is 14.5. The number of benzene rings is 2. The summed E-state index contributed by atoms with van der Waals surface area (Å²) in [6.45, 7) is 4.38. The van der Waals surface area contributed by atoms with Crippen molar-refractivity contribution in [1.82, 2.24) is 4.90 Å². The summed E-state index contributed by atoms with van der Waals surface area (Å²) in [5.74, 6) is 0.468. The third-order valence-electron chi connectivity index (χ3n) is 4.75. The first-order valence-electron chi connectivity index (χ1n) is 9.75. The van der Waals surface area contributed by atoms with Crippen molar-refractivity contribution in [1.29, 1.82) is 0 Å². The van der Waals surface area contributed by atoms with Crippen molar-refractivity contribution in [3.63, 3.8) is 0 Å². The van der Waals surface area contributed by atoms with Crippen LogP contribution in [-0.2, 0) is 9.84 Å². The van der Waals surface area contributed by atoms with Crippen LogP contribution >= 0.6 is 0 Å². The van der Waals surface area contributed by atoms with Gasteiger partial charge in [0.2, 0.25) is 0 Å². The molecule has 3 rings (SSSR count). The van der Waals surface area contributed by atoms with Crippen molar-refractivity contribution in [2.24, 2.45) is 0 Å². The molecule has 0 bridgehead atoms. The highest BCUT2D eigenvalue weighted by Crippen LogP contribution is 2.28. The third kappa shape index (κ3) is 5.52. The van der Waals surface area contributed by atoms with Gasteiger partial charge in [-0.3, -0.25) is 14.9 Å². The molecule has 1 fully saturated rings. The Hall–Kier alpha value is -3.14. The molecule has 1 atom stereocenters. The lowest BCUT2D eigenvalue weighted by molar-refractivity contribution is -0.384. The predicted octanol–water partition coefficient (Wildman–Crippen LogP) is 3.08. The van der Waals surface area contributed by atoms with Gasteiger partial charge in [-0.2, -0.15) is 0 Å². The smallest absolute Gasteiger partial charge is 0.269 e. The Bertz CT molecular complexity index is 1080. The normalized spacial score (nSPS) is 16.4. The Labute approximate surface area is 180 Å². The van der Waals surface area contributed by atoms with E-state index in [4.69, 9.17) is 9.47 Å². The number of carbonyl (C=O) groups is 1. The average molecular weight is 448 g/mol. The van der Waals surface area contributed by atoms with Gasteiger partial charge in [-0.05, 0) is 44.2 Å². The van der Waals surface area contributed by atoms with E-state index < -0.39 is 14.8 Å². The minimum atomic E-state index is -3.49. The van der Waals surface area contributed by atoms with Gasteiger partial charge in [0.05, 0.1) is 28.0 Å². The van der Waals surface area contributed by atoms with E-state index in [2.05, 4.69) is 0 Å². The fraction of sp³-hybridized carbons (Fsp3) is 0.381. The van der Waals surface area contributed by atoms with Crippen LogP contribution in [0, 0.1) is 10.1 Å². The van der Waals surface area contributed by atoms with Gasteiger partial charge in [0.15, 0.2) is 9.84 Å². The van der Waals surface area contributed by atoms with Crippen molar-refractivity contribution < 1.29 is 27.6 Å². The van der Waals surface area contributed by atoms with Crippen LogP contribution in [0.4, 0.5) is 5.69 Å². The van der Waals surface area contributed by atoms with Crippen molar-refractivity contribution in [3.8, 4) is 11.5 Å². The molecule has 166 valence electrons. The average Bonchev–Trinajstić information content (AvgIpc) is 3.15.